The first-order valence-corrected chi connectivity index (χ1v) is 15.0. The Morgan fingerprint density at radius 3 is 2.15 bits per heavy atom. The molecule has 3 rings (SSSR count). The minimum absolute atomic E-state index is 0.00800. The Kier molecular flexibility index (Phi) is 10.6. The molecule has 0 aliphatic heterocycles. The van der Waals surface area contributed by atoms with E-state index in [9.17, 15) is 18.0 Å². The topological polar surface area (TPSA) is 96.0 Å². The summed E-state index contributed by atoms with van der Waals surface area (Å²) in [4.78, 5) is 28.0. The fourth-order valence-corrected chi connectivity index (χ4v) is 5.28. The molecule has 0 unspecified atom stereocenters. The molecule has 0 radical (unpaired) electrons. The molecule has 3 aromatic rings. The van der Waals surface area contributed by atoms with Crippen LogP contribution in [0.5, 0.6) is 11.5 Å². The van der Waals surface area contributed by atoms with Crippen molar-refractivity contribution in [2.75, 3.05) is 23.7 Å². The largest absolute Gasteiger partial charge is 0.457 e. The van der Waals surface area contributed by atoms with E-state index in [1.54, 1.807) is 68.4 Å². The number of sulfonamides is 1. The molecule has 0 spiro atoms. The first-order chi connectivity index (χ1) is 18.5. The third kappa shape index (κ3) is 8.36. The molecule has 0 saturated heterocycles. The van der Waals surface area contributed by atoms with E-state index < -0.39 is 28.5 Å². The zero-order valence-electron chi connectivity index (χ0n) is 21.9. The van der Waals surface area contributed by atoms with Crippen molar-refractivity contribution in [2.45, 2.75) is 32.9 Å². The highest BCUT2D eigenvalue weighted by atomic mass is 35.5. The zero-order valence-corrected chi connectivity index (χ0v) is 24.3. The predicted octanol–water partition coefficient (Wildman–Crippen LogP) is 5.50. The Hall–Kier alpha value is -3.27. The van der Waals surface area contributed by atoms with E-state index >= 15 is 0 Å². The van der Waals surface area contributed by atoms with Crippen LogP contribution in [0.2, 0.25) is 10.0 Å². The van der Waals surface area contributed by atoms with Gasteiger partial charge in [-0.1, -0.05) is 54.4 Å². The van der Waals surface area contributed by atoms with E-state index in [4.69, 9.17) is 27.9 Å². The summed E-state index contributed by atoms with van der Waals surface area (Å²) >= 11 is 12.4. The van der Waals surface area contributed by atoms with Gasteiger partial charge in [-0.15, -0.1) is 0 Å². The average molecular weight is 593 g/mol. The van der Waals surface area contributed by atoms with Crippen LogP contribution in [-0.4, -0.2) is 50.5 Å². The Morgan fingerprint density at radius 1 is 0.949 bits per heavy atom. The Balaban J connectivity index is 1.91. The third-order valence-corrected chi connectivity index (χ3v) is 7.60. The Morgan fingerprint density at radius 2 is 1.59 bits per heavy atom. The molecular formula is C28H31Cl2N3O5S. The molecule has 2 amide bonds. The Labute approximate surface area is 239 Å². The van der Waals surface area contributed by atoms with Gasteiger partial charge in [0.2, 0.25) is 21.8 Å². The van der Waals surface area contributed by atoms with Gasteiger partial charge in [-0.3, -0.25) is 13.9 Å². The number of hydrogen-bond acceptors (Lipinski definition) is 5. The summed E-state index contributed by atoms with van der Waals surface area (Å²) in [7, 11) is -3.87. The summed E-state index contributed by atoms with van der Waals surface area (Å²) in [5.41, 5.74) is 0.854. The lowest BCUT2D eigenvalue weighted by atomic mass is 10.1. The maximum absolute atomic E-state index is 13.7. The lowest BCUT2D eigenvalue weighted by molar-refractivity contribution is -0.140. The minimum atomic E-state index is -3.87. The van der Waals surface area contributed by atoms with Crippen LogP contribution in [0.3, 0.4) is 0 Å². The van der Waals surface area contributed by atoms with Gasteiger partial charge in [0.25, 0.3) is 0 Å². The van der Waals surface area contributed by atoms with E-state index in [0.29, 0.717) is 40.1 Å². The van der Waals surface area contributed by atoms with Gasteiger partial charge in [0.1, 0.15) is 24.1 Å². The van der Waals surface area contributed by atoms with Crippen LogP contribution in [0.25, 0.3) is 0 Å². The molecule has 8 nitrogen and oxygen atoms in total. The maximum Gasteiger partial charge on any atom is 0.244 e. The number of hydrogen-bond donors (Lipinski definition) is 1. The number of halogens is 2. The number of carbonyl (C=O) groups excluding carboxylic acids is 2. The van der Waals surface area contributed by atoms with Crippen LogP contribution in [0, 0.1) is 0 Å². The summed E-state index contributed by atoms with van der Waals surface area (Å²) in [6, 6.07) is 19.6. The van der Waals surface area contributed by atoms with Crippen molar-refractivity contribution < 1.29 is 22.7 Å². The highest BCUT2D eigenvalue weighted by molar-refractivity contribution is 7.92. The van der Waals surface area contributed by atoms with Crippen molar-refractivity contribution in [2.24, 2.45) is 0 Å². The van der Waals surface area contributed by atoms with E-state index in [0.717, 1.165) is 10.6 Å². The summed E-state index contributed by atoms with van der Waals surface area (Å²) < 4.78 is 32.4. The highest BCUT2D eigenvalue weighted by Gasteiger charge is 2.32. The smallest absolute Gasteiger partial charge is 0.244 e. The van der Waals surface area contributed by atoms with Gasteiger partial charge >= 0.3 is 0 Å². The normalized spacial score (nSPS) is 11.9. The molecule has 0 aliphatic carbocycles. The number of nitrogens with zero attached hydrogens (tertiary/aromatic N) is 2. The molecule has 3 aromatic carbocycles. The molecule has 208 valence electrons. The first-order valence-electron chi connectivity index (χ1n) is 12.3. The molecule has 11 heteroatoms. The fourth-order valence-electron chi connectivity index (χ4n) is 3.96. The number of anilines is 1. The number of ether oxygens (including phenoxy) is 1. The molecule has 1 atom stereocenters. The number of rotatable bonds is 12. The lowest BCUT2D eigenvalue weighted by Crippen LogP contribution is -2.52. The molecule has 0 heterocycles. The second-order valence-corrected chi connectivity index (χ2v) is 11.5. The number of nitrogens with one attached hydrogen (secondary N) is 1. The highest BCUT2D eigenvalue weighted by Crippen LogP contribution is 2.27. The van der Waals surface area contributed by atoms with Crippen LogP contribution >= 0.6 is 23.2 Å². The van der Waals surface area contributed by atoms with Gasteiger partial charge in [-0.2, -0.15) is 0 Å². The van der Waals surface area contributed by atoms with E-state index in [2.05, 4.69) is 5.32 Å². The predicted molar refractivity (Wildman–Crippen MR) is 155 cm³/mol. The van der Waals surface area contributed by atoms with Crippen molar-refractivity contribution in [1.82, 2.24) is 10.2 Å². The van der Waals surface area contributed by atoms with Gasteiger partial charge in [0.05, 0.1) is 11.9 Å². The summed E-state index contributed by atoms with van der Waals surface area (Å²) in [6.45, 7) is 3.42. The lowest BCUT2D eigenvalue weighted by Gasteiger charge is -2.33. The number of carbonyl (C=O) groups is 2. The number of benzene rings is 3. The molecule has 0 bridgehead atoms. The van der Waals surface area contributed by atoms with Crippen LogP contribution in [0.1, 0.15) is 25.8 Å². The monoisotopic (exact) mass is 591 g/mol. The van der Waals surface area contributed by atoms with Crippen molar-refractivity contribution in [3.63, 3.8) is 0 Å². The molecule has 39 heavy (non-hydrogen) atoms. The number of amides is 2. The SMILES string of the molecule is CCNC(=O)[C@@H](CC)N(Cc1ccc(Cl)cc1Cl)C(=O)CN(c1ccc(Oc2ccccc2)cc1)S(C)(=O)=O. The zero-order chi connectivity index (χ0) is 28.6. The van der Waals surface area contributed by atoms with Crippen LogP contribution in [-0.2, 0) is 26.2 Å². The summed E-state index contributed by atoms with van der Waals surface area (Å²) in [6.07, 6.45) is 1.34. The fraction of sp³-hybridized carbons (Fsp3) is 0.286. The van der Waals surface area contributed by atoms with Crippen LogP contribution in [0.4, 0.5) is 5.69 Å². The summed E-state index contributed by atoms with van der Waals surface area (Å²) in [5, 5.41) is 3.51. The van der Waals surface area contributed by atoms with Gasteiger partial charge in [-0.05, 0) is 67.4 Å². The number of likely N-dealkylation sites (N-methyl/N-ethyl adjacent to an activating group) is 1. The summed E-state index contributed by atoms with van der Waals surface area (Å²) in [5.74, 6) is 0.236. The van der Waals surface area contributed by atoms with E-state index in [-0.39, 0.29) is 18.1 Å². The van der Waals surface area contributed by atoms with Crippen molar-refractivity contribution in [3.05, 3.63) is 88.4 Å². The van der Waals surface area contributed by atoms with Gasteiger partial charge in [0, 0.05) is 23.1 Å². The molecule has 0 fully saturated rings. The quantitative estimate of drug-likeness (QED) is 0.300. The minimum Gasteiger partial charge on any atom is -0.457 e. The second-order valence-electron chi connectivity index (χ2n) is 8.75. The standard InChI is InChI=1S/C28H31Cl2N3O5S/c1-4-26(28(35)31-5-2)32(18-20-11-12-21(29)17-25(20)30)27(34)19-33(39(3,36)37)22-13-15-24(16-14-22)38-23-9-7-6-8-10-23/h6-17,26H,4-5,18-19H2,1-3H3,(H,31,35)/t26-/m1/s1. The van der Waals surface area contributed by atoms with E-state index in [1.165, 1.54) is 4.90 Å². The molecule has 0 saturated carbocycles. The third-order valence-electron chi connectivity index (χ3n) is 5.88. The number of para-hydroxylation sites is 1. The molecule has 0 aromatic heterocycles. The first kappa shape index (κ1) is 30.3. The van der Waals surface area contributed by atoms with Gasteiger partial charge in [-0.25, -0.2) is 8.42 Å². The van der Waals surface area contributed by atoms with Crippen molar-refractivity contribution >= 4 is 50.7 Å². The molecule has 0 aliphatic rings. The van der Waals surface area contributed by atoms with Gasteiger partial charge in [0.15, 0.2) is 0 Å². The maximum atomic E-state index is 13.7. The molecular weight excluding hydrogens is 561 g/mol. The van der Waals surface area contributed by atoms with Crippen molar-refractivity contribution in [3.8, 4) is 11.5 Å². The van der Waals surface area contributed by atoms with Crippen LogP contribution in [0.15, 0.2) is 72.8 Å². The van der Waals surface area contributed by atoms with Crippen LogP contribution < -0.4 is 14.4 Å². The Bertz CT molecular complexity index is 1390. The average Bonchev–Trinajstić information content (AvgIpc) is 2.89. The second kappa shape index (κ2) is 13.7. The van der Waals surface area contributed by atoms with Gasteiger partial charge < -0.3 is 15.0 Å². The molecule has 1 N–H and O–H groups in total. The van der Waals surface area contributed by atoms with E-state index in [1.807, 2.05) is 18.2 Å². The van der Waals surface area contributed by atoms with Crippen molar-refractivity contribution in [1.29, 1.82) is 0 Å².